The normalized spacial score (nSPS) is 24.6. The molecule has 0 saturated heterocycles. The van der Waals surface area contributed by atoms with Crippen molar-refractivity contribution in [1.82, 2.24) is 10.3 Å². The first-order valence-corrected chi connectivity index (χ1v) is 7.23. The van der Waals surface area contributed by atoms with Gasteiger partial charge < -0.3 is 15.8 Å². The highest BCUT2D eigenvalue weighted by Crippen LogP contribution is 2.23. The van der Waals surface area contributed by atoms with Crippen molar-refractivity contribution in [3.63, 3.8) is 0 Å². The minimum atomic E-state index is -0.203. The van der Waals surface area contributed by atoms with Crippen molar-refractivity contribution in [2.24, 2.45) is 5.73 Å². The number of fused-ring (bicyclic) bond motifs is 1. The summed E-state index contributed by atoms with van der Waals surface area (Å²) in [6.45, 7) is 2.56. The van der Waals surface area contributed by atoms with Gasteiger partial charge in [-0.3, -0.25) is 4.79 Å². The number of rotatable bonds is 4. The van der Waals surface area contributed by atoms with Crippen LogP contribution >= 0.6 is 0 Å². The van der Waals surface area contributed by atoms with E-state index < -0.39 is 0 Å². The van der Waals surface area contributed by atoms with Crippen LogP contribution in [0.15, 0.2) is 36.4 Å². The fourth-order valence-corrected chi connectivity index (χ4v) is 2.64. The smallest absolute Gasteiger partial charge is 0.270 e. The number of aromatic nitrogens is 1. The molecule has 5 nitrogen and oxygen atoms in total. The molecule has 3 unspecified atom stereocenters. The predicted molar refractivity (Wildman–Crippen MR) is 81.0 cm³/mol. The number of amides is 1. The molecule has 1 saturated carbocycles. The number of hydrogen-bond donors (Lipinski definition) is 2. The van der Waals surface area contributed by atoms with Crippen LogP contribution < -0.4 is 11.1 Å². The molecule has 1 fully saturated rings. The van der Waals surface area contributed by atoms with E-state index in [0.29, 0.717) is 12.3 Å². The zero-order chi connectivity index (χ0) is 14.8. The second-order valence-corrected chi connectivity index (χ2v) is 5.28. The van der Waals surface area contributed by atoms with Crippen molar-refractivity contribution in [3.05, 3.63) is 42.1 Å². The number of nitrogens with two attached hydrogens (primary N) is 1. The topological polar surface area (TPSA) is 77.2 Å². The van der Waals surface area contributed by atoms with Crippen molar-refractivity contribution in [2.45, 2.75) is 31.5 Å². The summed E-state index contributed by atoms with van der Waals surface area (Å²) in [7, 11) is 0. The molecule has 110 valence electrons. The fourth-order valence-electron chi connectivity index (χ4n) is 2.64. The van der Waals surface area contributed by atoms with Gasteiger partial charge in [0.2, 0.25) is 0 Å². The van der Waals surface area contributed by atoms with Gasteiger partial charge in [0.15, 0.2) is 0 Å². The van der Waals surface area contributed by atoms with Crippen LogP contribution in [0, 0.1) is 0 Å². The van der Waals surface area contributed by atoms with E-state index in [-0.39, 0.29) is 24.1 Å². The molecule has 2 aromatic rings. The molecule has 0 radical (unpaired) electrons. The van der Waals surface area contributed by atoms with Crippen molar-refractivity contribution in [1.29, 1.82) is 0 Å². The third-order valence-corrected chi connectivity index (χ3v) is 3.88. The number of ether oxygens (including phenoxy) is 1. The molecule has 1 aliphatic rings. The van der Waals surface area contributed by atoms with Crippen molar-refractivity contribution in [2.75, 3.05) is 6.61 Å². The van der Waals surface area contributed by atoms with Crippen molar-refractivity contribution < 1.29 is 9.53 Å². The Morgan fingerprint density at radius 1 is 1.38 bits per heavy atom. The number of nitrogens with zero attached hydrogens (tertiary/aromatic N) is 1. The van der Waals surface area contributed by atoms with E-state index in [9.17, 15) is 4.79 Å². The second-order valence-electron chi connectivity index (χ2n) is 5.28. The highest BCUT2D eigenvalue weighted by molar-refractivity contribution is 5.95. The van der Waals surface area contributed by atoms with Gasteiger partial charge in [-0.2, -0.15) is 0 Å². The van der Waals surface area contributed by atoms with Gasteiger partial charge in [0.1, 0.15) is 5.69 Å². The first-order valence-electron chi connectivity index (χ1n) is 7.23. The number of carbonyl (C=O) groups is 1. The Kier molecular flexibility index (Phi) is 3.86. The Bertz CT molecular complexity index is 657. The van der Waals surface area contributed by atoms with E-state index in [2.05, 4.69) is 10.3 Å². The maximum absolute atomic E-state index is 12.3. The van der Waals surface area contributed by atoms with Crippen LogP contribution in [0.4, 0.5) is 0 Å². The molecule has 1 aromatic carbocycles. The lowest BCUT2D eigenvalue weighted by atomic mass is 9.83. The van der Waals surface area contributed by atoms with Gasteiger partial charge in [0.25, 0.3) is 5.91 Å². The average Bonchev–Trinajstić information content (AvgIpc) is 2.51. The van der Waals surface area contributed by atoms with Crippen LogP contribution in [0.25, 0.3) is 10.9 Å². The fraction of sp³-hybridized carbons (Fsp3) is 0.375. The van der Waals surface area contributed by atoms with Gasteiger partial charge in [-0.15, -0.1) is 0 Å². The third-order valence-electron chi connectivity index (χ3n) is 3.88. The van der Waals surface area contributed by atoms with Crippen molar-refractivity contribution in [3.8, 4) is 0 Å². The van der Waals surface area contributed by atoms with Gasteiger partial charge in [-0.25, -0.2) is 4.98 Å². The lowest BCUT2D eigenvalue weighted by Crippen LogP contribution is -2.64. The molecule has 1 aliphatic carbocycles. The van der Waals surface area contributed by atoms with E-state index in [1.165, 1.54) is 0 Å². The predicted octanol–water partition coefficient (Wildman–Crippen LogP) is 1.47. The Morgan fingerprint density at radius 3 is 2.95 bits per heavy atom. The van der Waals surface area contributed by atoms with E-state index in [1.807, 2.05) is 37.3 Å². The molecule has 21 heavy (non-hydrogen) atoms. The minimum absolute atomic E-state index is 0.00871. The molecule has 3 atom stereocenters. The number of para-hydroxylation sites is 1. The van der Waals surface area contributed by atoms with Gasteiger partial charge in [-0.05, 0) is 25.5 Å². The minimum Gasteiger partial charge on any atom is -0.376 e. The van der Waals surface area contributed by atoms with Gasteiger partial charge in [0, 0.05) is 18.0 Å². The number of benzene rings is 1. The van der Waals surface area contributed by atoms with Gasteiger partial charge in [0.05, 0.1) is 17.7 Å². The SMILES string of the molecule is CCOC1CC(N)C1NC(=O)c1ccc2ccccc2n1. The Labute approximate surface area is 123 Å². The van der Waals surface area contributed by atoms with Crippen LogP contribution in [0.5, 0.6) is 0 Å². The lowest BCUT2D eigenvalue weighted by Gasteiger charge is -2.42. The van der Waals surface area contributed by atoms with Crippen LogP contribution in [0.1, 0.15) is 23.8 Å². The largest absolute Gasteiger partial charge is 0.376 e. The molecule has 1 heterocycles. The summed E-state index contributed by atoms with van der Waals surface area (Å²) >= 11 is 0. The molecule has 3 N–H and O–H groups in total. The first kappa shape index (κ1) is 14.0. The number of carbonyl (C=O) groups excluding carboxylic acids is 1. The molecule has 0 spiro atoms. The third kappa shape index (κ3) is 2.75. The van der Waals surface area contributed by atoms with Gasteiger partial charge >= 0.3 is 0 Å². The summed E-state index contributed by atoms with van der Waals surface area (Å²) in [5.74, 6) is -0.203. The summed E-state index contributed by atoms with van der Waals surface area (Å²) < 4.78 is 5.55. The molecule has 3 rings (SSSR count). The molecule has 0 aliphatic heterocycles. The van der Waals surface area contributed by atoms with Crippen LogP contribution in [-0.2, 0) is 4.74 Å². The van der Waals surface area contributed by atoms with Crippen LogP contribution in [0.3, 0.4) is 0 Å². The molecule has 1 amide bonds. The average molecular weight is 285 g/mol. The van der Waals surface area contributed by atoms with E-state index in [0.717, 1.165) is 17.3 Å². The standard InChI is InChI=1S/C16H19N3O2/c1-2-21-14-9-11(17)15(14)19-16(20)13-8-7-10-5-3-4-6-12(10)18-13/h3-8,11,14-15H,2,9,17H2,1H3,(H,19,20). The van der Waals surface area contributed by atoms with Crippen LogP contribution in [0.2, 0.25) is 0 Å². The quantitative estimate of drug-likeness (QED) is 0.891. The second kappa shape index (κ2) is 5.79. The maximum atomic E-state index is 12.3. The highest BCUT2D eigenvalue weighted by atomic mass is 16.5. The summed E-state index contributed by atoms with van der Waals surface area (Å²) in [6, 6.07) is 11.2. The highest BCUT2D eigenvalue weighted by Gasteiger charge is 2.40. The van der Waals surface area contributed by atoms with E-state index in [4.69, 9.17) is 10.5 Å². The van der Waals surface area contributed by atoms with E-state index in [1.54, 1.807) is 6.07 Å². The van der Waals surface area contributed by atoms with Crippen LogP contribution in [-0.4, -0.2) is 35.7 Å². The molecule has 5 heteroatoms. The van der Waals surface area contributed by atoms with E-state index >= 15 is 0 Å². The van der Waals surface area contributed by atoms with Gasteiger partial charge in [-0.1, -0.05) is 24.3 Å². The summed E-state index contributed by atoms with van der Waals surface area (Å²) in [6.07, 6.45) is 0.790. The Balaban J connectivity index is 1.74. The molecule has 1 aromatic heterocycles. The lowest BCUT2D eigenvalue weighted by molar-refractivity contribution is -0.0300. The first-order chi connectivity index (χ1) is 10.2. The number of hydrogen-bond acceptors (Lipinski definition) is 4. The number of pyridine rings is 1. The molecular formula is C16H19N3O2. The Hall–Kier alpha value is -1.98. The maximum Gasteiger partial charge on any atom is 0.270 e. The summed E-state index contributed by atoms with van der Waals surface area (Å²) in [5, 5.41) is 3.95. The molecule has 0 bridgehead atoms. The van der Waals surface area contributed by atoms with Crippen molar-refractivity contribution >= 4 is 16.8 Å². The zero-order valence-corrected chi connectivity index (χ0v) is 12.0. The summed E-state index contributed by atoms with van der Waals surface area (Å²) in [4.78, 5) is 16.7. The zero-order valence-electron chi connectivity index (χ0n) is 12.0. The summed E-state index contributed by atoms with van der Waals surface area (Å²) in [5.41, 5.74) is 7.16. The Morgan fingerprint density at radius 2 is 2.19 bits per heavy atom. The monoisotopic (exact) mass is 285 g/mol. The molecular weight excluding hydrogens is 266 g/mol. The number of nitrogens with one attached hydrogen (secondary N) is 1.